The molecule has 2 heteroatoms. The van der Waals surface area contributed by atoms with E-state index in [1.165, 1.54) is 16.3 Å². The molecule has 0 fully saturated rings. The average molecular weight is 639 g/mol. The lowest BCUT2D eigenvalue weighted by Crippen LogP contribution is -1.98. The number of para-hydroxylation sites is 1. The van der Waals surface area contributed by atoms with Crippen LogP contribution in [-0.2, 0) is 0 Å². The molecule has 0 saturated carbocycles. The van der Waals surface area contributed by atoms with Crippen LogP contribution in [0.25, 0.3) is 87.7 Å². The molecule has 0 aliphatic carbocycles. The second-order valence-electron chi connectivity index (χ2n) is 13.0. The Morgan fingerprint density at radius 1 is 0.360 bits per heavy atom. The molecule has 50 heavy (non-hydrogen) atoms. The molecule has 0 saturated heterocycles. The molecule has 0 N–H and O–H groups in total. The van der Waals surface area contributed by atoms with E-state index >= 15 is 0 Å². The number of hydrogen-bond donors (Lipinski definition) is 0. The van der Waals surface area contributed by atoms with Crippen LogP contribution in [0.5, 0.6) is 0 Å². The fourth-order valence-corrected chi connectivity index (χ4v) is 7.85. The first-order valence-electron chi connectivity index (χ1n) is 16.9. The molecule has 234 valence electrons. The van der Waals surface area contributed by atoms with Gasteiger partial charge in [0.15, 0.2) is 0 Å². The van der Waals surface area contributed by atoms with Crippen LogP contribution >= 0.6 is 0 Å². The molecule has 10 aromatic rings. The van der Waals surface area contributed by atoms with Crippen molar-refractivity contribution in [3.63, 3.8) is 0 Å². The Bertz CT molecular complexity index is 2950. The Balaban J connectivity index is 1.20. The summed E-state index contributed by atoms with van der Waals surface area (Å²) in [6, 6.07) is 55.3. The lowest BCUT2D eigenvalue weighted by molar-refractivity contribution is 0.656. The number of furan rings is 2. The summed E-state index contributed by atoms with van der Waals surface area (Å²) in [6.45, 7) is 9.31. The summed E-state index contributed by atoms with van der Waals surface area (Å²) in [5.74, 6) is 0. The van der Waals surface area contributed by atoms with E-state index in [2.05, 4.69) is 140 Å². The smallest absolute Gasteiger partial charge is 0.139 e. The highest BCUT2D eigenvalue weighted by Crippen LogP contribution is 2.45. The Kier molecular flexibility index (Phi) is 6.21. The van der Waals surface area contributed by atoms with Gasteiger partial charge in [0.2, 0.25) is 0 Å². The number of fused-ring (bicyclic) bond motifs is 8. The number of hydrogen-bond acceptors (Lipinski definition) is 2. The summed E-state index contributed by atoms with van der Waals surface area (Å²) in [6.07, 6.45) is 0. The van der Waals surface area contributed by atoms with Gasteiger partial charge in [-0.25, -0.2) is 0 Å². The van der Waals surface area contributed by atoms with Gasteiger partial charge in [0.05, 0.1) is 0 Å². The minimum absolute atomic E-state index is 0.820. The highest BCUT2D eigenvalue weighted by molar-refractivity contribution is 6.21. The van der Waals surface area contributed by atoms with Crippen LogP contribution in [0.3, 0.4) is 0 Å². The second-order valence-corrected chi connectivity index (χ2v) is 13.0. The van der Waals surface area contributed by atoms with Crippen molar-refractivity contribution >= 4 is 76.6 Å². The van der Waals surface area contributed by atoms with Gasteiger partial charge in [-0.15, -0.1) is 0 Å². The minimum Gasteiger partial charge on any atom is -0.456 e. The van der Waals surface area contributed by atoms with Gasteiger partial charge in [-0.3, -0.25) is 0 Å². The number of benzene rings is 8. The van der Waals surface area contributed by atoms with Crippen molar-refractivity contribution < 1.29 is 8.83 Å². The Hall–Kier alpha value is -6.64. The summed E-state index contributed by atoms with van der Waals surface area (Å²) in [7, 11) is 0. The monoisotopic (exact) mass is 638 g/mol. The maximum absolute atomic E-state index is 6.41. The molecule has 0 radical (unpaired) electrons. The summed E-state index contributed by atoms with van der Waals surface area (Å²) in [5.41, 5.74) is 12.1. The maximum atomic E-state index is 6.41. The van der Waals surface area contributed by atoms with E-state index in [0.29, 0.717) is 0 Å². The normalized spacial score (nSPS) is 11.8. The quantitative estimate of drug-likeness (QED) is 0.175. The lowest BCUT2D eigenvalue weighted by atomic mass is 9.82. The van der Waals surface area contributed by atoms with E-state index in [-0.39, 0.29) is 0 Å². The van der Waals surface area contributed by atoms with E-state index in [1.54, 1.807) is 0 Å². The van der Waals surface area contributed by atoms with E-state index in [0.717, 1.165) is 93.6 Å². The Morgan fingerprint density at radius 2 is 0.860 bits per heavy atom. The molecule has 0 aliphatic heterocycles. The van der Waals surface area contributed by atoms with Crippen LogP contribution in [0.1, 0.15) is 22.3 Å². The van der Waals surface area contributed by atoms with Crippen LogP contribution < -0.4 is 0 Å². The maximum Gasteiger partial charge on any atom is 0.139 e. The van der Waals surface area contributed by atoms with Gasteiger partial charge in [0.1, 0.15) is 22.3 Å². The van der Waals surface area contributed by atoms with E-state index in [4.69, 9.17) is 15.4 Å². The van der Waals surface area contributed by atoms with E-state index < -0.39 is 0 Å². The van der Waals surface area contributed by atoms with Crippen molar-refractivity contribution in [3.8, 4) is 11.1 Å². The molecule has 0 unspecified atom stereocenters. The fourth-order valence-electron chi connectivity index (χ4n) is 7.85. The number of rotatable bonds is 5. The van der Waals surface area contributed by atoms with Crippen molar-refractivity contribution in [2.45, 2.75) is 0 Å². The third kappa shape index (κ3) is 4.22. The molecule has 10 rings (SSSR count). The summed E-state index contributed by atoms with van der Waals surface area (Å²) in [5, 5.41) is 9.04. The highest BCUT2D eigenvalue weighted by atomic mass is 16.3. The fraction of sp³-hybridized carbons (Fsp3) is 0. The first kappa shape index (κ1) is 28.4. The molecule has 0 amide bonds. The zero-order valence-corrected chi connectivity index (χ0v) is 27.2. The molecular formula is C48H30O2. The Morgan fingerprint density at radius 3 is 1.54 bits per heavy atom. The van der Waals surface area contributed by atoms with Crippen LogP contribution in [0, 0.1) is 0 Å². The predicted octanol–water partition coefficient (Wildman–Crippen LogP) is 13.6. The van der Waals surface area contributed by atoms with Gasteiger partial charge in [-0.2, -0.15) is 0 Å². The zero-order valence-electron chi connectivity index (χ0n) is 27.2. The third-order valence-electron chi connectivity index (χ3n) is 10.2. The predicted molar refractivity (Wildman–Crippen MR) is 211 cm³/mol. The van der Waals surface area contributed by atoms with Crippen molar-refractivity contribution in [1.82, 2.24) is 0 Å². The van der Waals surface area contributed by atoms with Crippen LogP contribution in [0.4, 0.5) is 0 Å². The molecule has 8 aromatic carbocycles. The van der Waals surface area contributed by atoms with Crippen LogP contribution in [0.2, 0.25) is 0 Å². The van der Waals surface area contributed by atoms with Gasteiger partial charge in [0.25, 0.3) is 0 Å². The summed E-state index contributed by atoms with van der Waals surface area (Å²) < 4.78 is 12.6. The molecule has 0 aliphatic rings. The SMILES string of the molecule is C=C(c1ccccc1)c1ccccc1C(=C)c1c2ccccc2c(-c2ccc3oc4cc5oc6ccccc6c5cc4c3c2)c2ccccc12. The van der Waals surface area contributed by atoms with Crippen molar-refractivity contribution in [2.24, 2.45) is 0 Å². The molecular weight excluding hydrogens is 609 g/mol. The van der Waals surface area contributed by atoms with Crippen molar-refractivity contribution in [1.29, 1.82) is 0 Å². The molecule has 2 nitrogen and oxygen atoms in total. The van der Waals surface area contributed by atoms with E-state index in [1.807, 2.05) is 24.3 Å². The first-order chi connectivity index (χ1) is 24.6. The molecule has 2 heterocycles. The van der Waals surface area contributed by atoms with Gasteiger partial charge in [0, 0.05) is 27.6 Å². The zero-order chi connectivity index (χ0) is 33.3. The van der Waals surface area contributed by atoms with E-state index in [9.17, 15) is 0 Å². The summed E-state index contributed by atoms with van der Waals surface area (Å²) in [4.78, 5) is 0. The largest absolute Gasteiger partial charge is 0.456 e. The van der Waals surface area contributed by atoms with Gasteiger partial charge >= 0.3 is 0 Å². The van der Waals surface area contributed by atoms with Gasteiger partial charge in [-0.05, 0) is 90.3 Å². The molecule has 2 aromatic heterocycles. The molecule has 0 atom stereocenters. The standard InChI is InChI=1S/C48H30O2/c1-29(31-14-4-3-5-15-31)33-16-6-7-17-34(33)30(2)47-36-19-8-10-21-38(36)48(39-22-11-9-20-37(39)47)32-24-25-44-40(26-32)42-27-41-35-18-12-13-23-43(35)49-45(41)28-46(42)50-44/h3-28H,1-2H2. The first-order valence-corrected chi connectivity index (χ1v) is 16.9. The third-order valence-corrected chi connectivity index (χ3v) is 10.2. The topological polar surface area (TPSA) is 26.3 Å². The average Bonchev–Trinajstić information content (AvgIpc) is 3.72. The van der Waals surface area contributed by atoms with Crippen LogP contribution in [-0.4, -0.2) is 0 Å². The second kappa shape index (κ2) is 10.9. The summed E-state index contributed by atoms with van der Waals surface area (Å²) >= 11 is 0. The van der Waals surface area contributed by atoms with Gasteiger partial charge in [-0.1, -0.05) is 141 Å². The molecule has 0 spiro atoms. The van der Waals surface area contributed by atoms with Crippen molar-refractivity contribution in [2.75, 3.05) is 0 Å². The Labute approximate surface area is 288 Å². The van der Waals surface area contributed by atoms with Gasteiger partial charge < -0.3 is 8.83 Å². The highest BCUT2D eigenvalue weighted by Gasteiger charge is 2.21. The lowest BCUT2D eigenvalue weighted by Gasteiger charge is -2.21. The molecule has 0 bridgehead atoms. The van der Waals surface area contributed by atoms with Crippen molar-refractivity contribution in [3.05, 3.63) is 193 Å². The van der Waals surface area contributed by atoms with Crippen LogP contribution in [0.15, 0.2) is 180 Å². The minimum atomic E-state index is 0.820.